The van der Waals surface area contributed by atoms with E-state index in [9.17, 15) is 0 Å². The Morgan fingerprint density at radius 3 is 2.07 bits per heavy atom. The minimum Gasteiger partial charge on any atom is -0.378 e. The number of rotatable bonds is 10. The molecule has 58 heavy (non-hydrogen) atoms. The van der Waals surface area contributed by atoms with Gasteiger partial charge in [0.2, 0.25) is 0 Å². The molecule has 2 heterocycles. The first kappa shape index (κ1) is 41.1. The molecule has 8 aromatic rings. The molecule has 0 saturated carbocycles. The van der Waals surface area contributed by atoms with Gasteiger partial charge in [0.1, 0.15) is 0 Å². The van der Waals surface area contributed by atoms with Crippen molar-refractivity contribution >= 4 is 67.5 Å². The van der Waals surface area contributed by atoms with Crippen molar-refractivity contribution in [1.29, 1.82) is 0 Å². The van der Waals surface area contributed by atoms with E-state index in [1.807, 2.05) is 24.3 Å². The molecule has 0 spiro atoms. The van der Waals surface area contributed by atoms with Gasteiger partial charge in [-0.1, -0.05) is 167 Å². The third kappa shape index (κ3) is 8.85. The molecule has 0 aliphatic rings. The van der Waals surface area contributed by atoms with Crippen molar-refractivity contribution in [2.24, 2.45) is 0 Å². The second-order valence-corrected chi connectivity index (χ2v) is 14.7. The molecular weight excluding hydrogens is 703 g/mol. The van der Waals surface area contributed by atoms with Crippen LogP contribution in [0.1, 0.15) is 74.5 Å². The molecule has 1 atom stereocenters. The molecule has 3 nitrogen and oxygen atoms in total. The van der Waals surface area contributed by atoms with Crippen molar-refractivity contribution in [3.63, 3.8) is 0 Å². The lowest BCUT2D eigenvalue weighted by Crippen LogP contribution is -2.07. The summed E-state index contributed by atoms with van der Waals surface area (Å²) in [5.41, 5.74) is 12.0. The SMILES string of the molecule is C=C/C=C\C=C/n1c2cc3c(cc2c2c4ccccc4ccc21)c(/C=C\C)c(C=C)n3-c1ccc(C)cc1.CCCC.Cc1ccccc1NC(C)c1ccccc1. The fourth-order valence-corrected chi connectivity index (χ4v) is 7.39. The predicted octanol–water partition coefficient (Wildman–Crippen LogP) is 16.1. The van der Waals surface area contributed by atoms with Gasteiger partial charge in [0.05, 0.1) is 22.2 Å². The van der Waals surface area contributed by atoms with Crippen molar-refractivity contribution in [1.82, 2.24) is 9.13 Å². The summed E-state index contributed by atoms with van der Waals surface area (Å²) in [6.07, 6.45) is 18.9. The molecule has 1 unspecified atom stereocenters. The fourth-order valence-electron chi connectivity index (χ4n) is 7.39. The summed E-state index contributed by atoms with van der Waals surface area (Å²) in [4.78, 5) is 0. The van der Waals surface area contributed by atoms with E-state index < -0.39 is 0 Å². The first-order valence-electron chi connectivity index (χ1n) is 20.5. The quantitative estimate of drug-likeness (QED) is 0.138. The Morgan fingerprint density at radius 1 is 0.672 bits per heavy atom. The zero-order chi connectivity index (χ0) is 41.0. The number of benzene rings is 6. The highest BCUT2D eigenvalue weighted by atomic mass is 15.0. The van der Waals surface area contributed by atoms with Gasteiger partial charge in [-0.15, -0.1) is 0 Å². The van der Waals surface area contributed by atoms with Gasteiger partial charge in [0.25, 0.3) is 0 Å². The van der Waals surface area contributed by atoms with Crippen LogP contribution in [0.4, 0.5) is 5.69 Å². The van der Waals surface area contributed by atoms with Crippen LogP contribution in [0, 0.1) is 13.8 Å². The normalized spacial score (nSPS) is 12.0. The van der Waals surface area contributed by atoms with E-state index in [1.165, 1.54) is 78.7 Å². The number of hydrogen-bond donors (Lipinski definition) is 1. The number of aromatic nitrogens is 2. The van der Waals surface area contributed by atoms with Crippen LogP contribution < -0.4 is 5.32 Å². The van der Waals surface area contributed by atoms with Crippen LogP contribution in [0.3, 0.4) is 0 Å². The van der Waals surface area contributed by atoms with Crippen LogP contribution >= 0.6 is 0 Å². The van der Waals surface area contributed by atoms with Gasteiger partial charge in [0.15, 0.2) is 0 Å². The van der Waals surface area contributed by atoms with Crippen molar-refractivity contribution < 1.29 is 0 Å². The van der Waals surface area contributed by atoms with Crippen LogP contribution in [0.15, 0.2) is 171 Å². The number of fused-ring (bicyclic) bond motifs is 6. The average molecular weight is 760 g/mol. The third-order valence-electron chi connectivity index (χ3n) is 10.6. The molecule has 0 aliphatic carbocycles. The Kier molecular flexibility index (Phi) is 13.8. The smallest absolute Gasteiger partial charge is 0.0562 e. The van der Waals surface area contributed by atoms with Crippen LogP contribution in [0.5, 0.6) is 0 Å². The number of nitrogens with zero attached hydrogens (tertiary/aromatic N) is 2. The lowest BCUT2D eigenvalue weighted by Gasteiger charge is -2.17. The van der Waals surface area contributed by atoms with E-state index in [0.29, 0.717) is 6.04 Å². The van der Waals surface area contributed by atoms with Crippen molar-refractivity contribution in [3.8, 4) is 5.69 Å². The number of anilines is 1. The fraction of sp³-hybridized carbons (Fsp3) is 0.164. The number of para-hydroxylation sites is 1. The highest BCUT2D eigenvalue weighted by Gasteiger charge is 2.20. The molecule has 0 saturated heterocycles. The Bertz CT molecular complexity index is 2730. The first-order chi connectivity index (χ1) is 28.3. The molecule has 2 aromatic heterocycles. The van der Waals surface area contributed by atoms with Gasteiger partial charge in [-0.25, -0.2) is 0 Å². The molecule has 0 aliphatic heterocycles. The second-order valence-electron chi connectivity index (χ2n) is 14.7. The van der Waals surface area contributed by atoms with Crippen LogP contribution in [0.2, 0.25) is 0 Å². The molecule has 0 fully saturated rings. The molecule has 0 radical (unpaired) electrons. The Balaban J connectivity index is 0.000000235. The van der Waals surface area contributed by atoms with Gasteiger partial charge < -0.3 is 14.5 Å². The monoisotopic (exact) mass is 759 g/mol. The van der Waals surface area contributed by atoms with E-state index in [0.717, 1.165) is 16.9 Å². The molecule has 8 rings (SSSR count). The number of aryl methyl sites for hydroxylation is 2. The maximum atomic E-state index is 4.21. The molecule has 292 valence electrons. The Labute approximate surface area is 345 Å². The average Bonchev–Trinajstić information content (AvgIpc) is 3.74. The van der Waals surface area contributed by atoms with Crippen LogP contribution in [-0.4, -0.2) is 9.13 Å². The second kappa shape index (κ2) is 19.5. The van der Waals surface area contributed by atoms with E-state index in [4.69, 9.17) is 0 Å². The number of hydrogen-bond acceptors (Lipinski definition) is 1. The van der Waals surface area contributed by atoms with Crippen LogP contribution in [0.25, 0.3) is 67.5 Å². The van der Waals surface area contributed by atoms with Crippen molar-refractivity contribution in [2.45, 2.75) is 60.4 Å². The number of unbranched alkanes of at least 4 members (excludes halogenated alkanes) is 1. The Hall–Kier alpha value is -6.58. The van der Waals surface area contributed by atoms with Gasteiger partial charge in [-0.05, 0) is 98.1 Å². The lowest BCUT2D eigenvalue weighted by atomic mass is 10.0. The van der Waals surface area contributed by atoms with Crippen molar-refractivity contribution in [2.75, 3.05) is 5.32 Å². The van der Waals surface area contributed by atoms with Gasteiger partial charge in [-0.2, -0.15) is 0 Å². The van der Waals surface area contributed by atoms with Crippen molar-refractivity contribution in [3.05, 3.63) is 199 Å². The highest BCUT2D eigenvalue weighted by Crippen LogP contribution is 2.40. The predicted molar refractivity (Wildman–Crippen MR) is 258 cm³/mol. The van der Waals surface area contributed by atoms with Gasteiger partial charge in [-0.3, -0.25) is 0 Å². The summed E-state index contributed by atoms with van der Waals surface area (Å²) in [6, 6.07) is 45.7. The molecule has 0 bridgehead atoms. The molecule has 3 heteroatoms. The maximum absolute atomic E-state index is 4.21. The number of nitrogens with one attached hydrogen (secondary N) is 1. The summed E-state index contributed by atoms with van der Waals surface area (Å²) < 4.78 is 4.64. The molecular formula is C55H57N3. The first-order valence-corrected chi connectivity index (χ1v) is 20.5. The lowest BCUT2D eigenvalue weighted by molar-refractivity contribution is 0.883. The summed E-state index contributed by atoms with van der Waals surface area (Å²) in [5.74, 6) is 0. The zero-order valence-corrected chi connectivity index (χ0v) is 35.0. The summed E-state index contributed by atoms with van der Waals surface area (Å²) in [5, 5.41) is 9.76. The standard InChI is InChI=1S/C36H30N2.C15H17N.C4H10/c1-5-8-9-12-22-37-33-21-18-26-14-10-11-15-28(26)36(33)31-23-30-29(13-6-2)32(7-3)38(35(30)24-34(31)37)27-19-16-25(4)17-20-27;1-12-8-6-7-11-15(12)16-13(2)14-9-4-3-5-10-14;1-3-4-2/h5-24H,1,3H2,2,4H3;3-11,13,16H,1-2H3;3-4H2,1-2H3/b9-8-,13-6-,22-12-;;. The third-order valence-corrected chi connectivity index (χ3v) is 10.6. The van der Waals surface area contributed by atoms with Gasteiger partial charge in [0, 0.05) is 45.3 Å². The van der Waals surface area contributed by atoms with E-state index in [2.05, 4.69) is 215 Å². The largest absolute Gasteiger partial charge is 0.378 e. The maximum Gasteiger partial charge on any atom is 0.0562 e. The summed E-state index contributed by atoms with van der Waals surface area (Å²) in [7, 11) is 0. The van der Waals surface area contributed by atoms with E-state index in [-0.39, 0.29) is 0 Å². The summed E-state index contributed by atoms with van der Waals surface area (Å²) in [6.45, 7) is 20.9. The highest BCUT2D eigenvalue weighted by molar-refractivity contribution is 6.23. The topological polar surface area (TPSA) is 21.9 Å². The molecule has 0 amide bonds. The van der Waals surface area contributed by atoms with Gasteiger partial charge >= 0.3 is 0 Å². The molecule has 1 N–H and O–H groups in total. The Morgan fingerprint density at radius 2 is 1.38 bits per heavy atom. The number of allylic oxidation sites excluding steroid dienone is 5. The summed E-state index contributed by atoms with van der Waals surface area (Å²) >= 11 is 0. The minimum atomic E-state index is 0.335. The zero-order valence-electron chi connectivity index (χ0n) is 35.0. The van der Waals surface area contributed by atoms with E-state index >= 15 is 0 Å². The molecule has 6 aromatic carbocycles. The minimum absolute atomic E-state index is 0.335. The van der Waals surface area contributed by atoms with E-state index in [1.54, 1.807) is 6.08 Å². The van der Waals surface area contributed by atoms with Crippen LogP contribution in [-0.2, 0) is 0 Å².